The van der Waals surface area contributed by atoms with Crippen LogP contribution in [0.1, 0.15) is 27.0 Å². The Morgan fingerprint density at radius 2 is 1.14 bits per heavy atom. The quantitative estimate of drug-likeness (QED) is 0.0710. The van der Waals surface area contributed by atoms with Crippen LogP contribution in [-0.2, 0) is 27.5 Å². The van der Waals surface area contributed by atoms with Crippen molar-refractivity contribution < 1.29 is 38.4 Å². The number of carbonyl (C=O) groups is 2. The van der Waals surface area contributed by atoms with Crippen molar-refractivity contribution in [3.8, 4) is 27.7 Å². The number of benzene rings is 5. The molecule has 1 aromatic heterocycles. The Labute approximate surface area is 294 Å². The van der Waals surface area contributed by atoms with Crippen molar-refractivity contribution >= 4 is 33.2 Å². The molecule has 0 atom stereocenters. The average Bonchev–Trinajstić information content (AvgIpc) is 3.54. The van der Waals surface area contributed by atoms with Gasteiger partial charge in [-0.3, -0.25) is 4.79 Å². The Hall–Kier alpha value is -5.48. The zero-order valence-corrected chi connectivity index (χ0v) is 28.1. The van der Waals surface area contributed by atoms with Gasteiger partial charge in [-0.1, -0.05) is 60.7 Å². The molecule has 9 heteroatoms. The SMILES string of the molecule is O=C(O)COCCOCCOc1ccc(C(=O)c2c(-c3ccc(OCc4ccccc4)cc3)sc3cc(OCc4ccccc4)ccc23)cc1. The minimum Gasteiger partial charge on any atom is -0.491 e. The first-order valence-corrected chi connectivity index (χ1v) is 17.0. The number of carboxylic acid groups (broad SMARTS) is 1. The highest BCUT2D eigenvalue weighted by atomic mass is 32.1. The van der Waals surface area contributed by atoms with Crippen LogP contribution in [0.4, 0.5) is 0 Å². The van der Waals surface area contributed by atoms with E-state index in [1.807, 2.05) is 103 Å². The summed E-state index contributed by atoms with van der Waals surface area (Å²) < 4.78 is 29.2. The summed E-state index contributed by atoms with van der Waals surface area (Å²) in [7, 11) is 0. The van der Waals surface area contributed by atoms with Crippen molar-refractivity contribution in [3.05, 3.63) is 150 Å². The Kier molecular flexibility index (Phi) is 11.9. The van der Waals surface area contributed by atoms with Crippen LogP contribution in [0, 0.1) is 0 Å². The molecule has 5 aromatic carbocycles. The number of rotatable bonds is 18. The Bertz CT molecular complexity index is 1990. The van der Waals surface area contributed by atoms with E-state index < -0.39 is 5.97 Å². The Morgan fingerprint density at radius 3 is 1.80 bits per heavy atom. The van der Waals surface area contributed by atoms with Crippen molar-refractivity contribution in [2.45, 2.75) is 13.2 Å². The second-order valence-corrected chi connectivity index (χ2v) is 12.3. The summed E-state index contributed by atoms with van der Waals surface area (Å²) in [5.41, 5.74) is 4.25. The first-order chi connectivity index (χ1) is 24.5. The molecule has 0 saturated carbocycles. The number of ether oxygens (including phenoxy) is 5. The molecular formula is C41H36O8S. The molecule has 0 spiro atoms. The molecule has 0 fully saturated rings. The smallest absolute Gasteiger partial charge is 0.329 e. The van der Waals surface area contributed by atoms with Gasteiger partial charge in [-0.2, -0.15) is 0 Å². The predicted molar refractivity (Wildman–Crippen MR) is 193 cm³/mol. The fourth-order valence-corrected chi connectivity index (χ4v) is 6.46. The van der Waals surface area contributed by atoms with Crippen LogP contribution in [-0.4, -0.2) is 49.9 Å². The van der Waals surface area contributed by atoms with Crippen LogP contribution in [0.2, 0.25) is 0 Å². The fraction of sp³-hybridized carbons (Fsp3) is 0.171. The molecule has 6 rings (SSSR count). The van der Waals surface area contributed by atoms with Crippen LogP contribution in [0.15, 0.2) is 127 Å². The first kappa shape index (κ1) is 34.4. The van der Waals surface area contributed by atoms with E-state index in [1.165, 1.54) is 0 Å². The second kappa shape index (κ2) is 17.3. The third-order valence-electron chi connectivity index (χ3n) is 7.71. The third-order valence-corrected chi connectivity index (χ3v) is 8.91. The van der Waals surface area contributed by atoms with E-state index in [2.05, 4.69) is 0 Å². The van der Waals surface area contributed by atoms with Gasteiger partial charge in [0.2, 0.25) is 0 Å². The van der Waals surface area contributed by atoms with Crippen molar-refractivity contribution in [2.75, 3.05) is 33.0 Å². The summed E-state index contributed by atoms with van der Waals surface area (Å²) in [4.78, 5) is 25.6. The summed E-state index contributed by atoms with van der Waals surface area (Å²) in [6.45, 7) is 1.63. The highest BCUT2D eigenvalue weighted by molar-refractivity contribution is 7.22. The number of hydrogen-bond acceptors (Lipinski definition) is 8. The van der Waals surface area contributed by atoms with Gasteiger partial charge in [0.15, 0.2) is 5.78 Å². The number of ketones is 1. The van der Waals surface area contributed by atoms with E-state index in [0.717, 1.165) is 43.2 Å². The minimum atomic E-state index is -1.02. The molecule has 0 aliphatic heterocycles. The van der Waals surface area contributed by atoms with E-state index in [1.54, 1.807) is 35.6 Å². The molecule has 50 heavy (non-hydrogen) atoms. The van der Waals surface area contributed by atoms with Crippen molar-refractivity contribution in [3.63, 3.8) is 0 Å². The lowest BCUT2D eigenvalue weighted by Crippen LogP contribution is -2.13. The van der Waals surface area contributed by atoms with Gasteiger partial charge in [0, 0.05) is 26.1 Å². The zero-order valence-electron chi connectivity index (χ0n) is 27.3. The van der Waals surface area contributed by atoms with Gasteiger partial charge in [0.25, 0.3) is 0 Å². The zero-order chi connectivity index (χ0) is 34.5. The number of thiophene rings is 1. The van der Waals surface area contributed by atoms with E-state index in [4.69, 9.17) is 28.8 Å². The van der Waals surface area contributed by atoms with Gasteiger partial charge < -0.3 is 28.8 Å². The molecule has 0 aliphatic carbocycles. The maximum Gasteiger partial charge on any atom is 0.329 e. The maximum absolute atomic E-state index is 14.2. The number of carboxylic acids is 1. The summed E-state index contributed by atoms with van der Waals surface area (Å²) in [5, 5.41) is 9.46. The van der Waals surface area contributed by atoms with Gasteiger partial charge in [-0.15, -0.1) is 11.3 Å². The van der Waals surface area contributed by atoms with Crippen LogP contribution < -0.4 is 14.2 Å². The van der Waals surface area contributed by atoms with Gasteiger partial charge in [0.05, 0.1) is 19.8 Å². The van der Waals surface area contributed by atoms with E-state index >= 15 is 0 Å². The second-order valence-electron chi connectivity index (χ2n) is 11.3. The molecule has 1 N–H and O–H groups in total. The normalized spacial score (nSPS) is 11.0. The lowest BCUT2D eigenvalue weighted by Gasteiger charge is -2.10. The largest absolute Gasteiger partial charge is 0.491 e. The molecule has 8 nitrogen and oxygen atoms in total. The number of fused-ring (bicyclic) bond motifs is 1. The van der Waals surface area contributed by atoms with Crippen LogP contribution in [0.3, 0.4) is 0 Å². The standard InChI is InChI=1S/C41H36O8S/c42-38(43)28-46-22-21-45-23-24-47-33-15-11-31(12-16-33)40(44)39-36-20-19-35(49-27-30-9-5-2-6-10-30)25-37(36)50-41(39)32-13-17-34(18-14-32)48-26-29-7-3-1-4-8-29/h1-20,25H,21-24,26-28H2,(H,42,43). The molecule has 0 amide bonds. The van der Waals surface area contributed by atoms with Crippen LogP contribution in [0.25, 0.3) is 20.5 Å². The van der Waals surface area contributed by atoms with Crippen LogP contribution >= 0.6 is 11.3 Å². The molecule has 0 saturated heterocycles. The van der Waals surface area contributed by atoms with Gasteiger partial charge in [0.1, 0.15) is 43.7 Å². The maximum atomic E-state index is 14.2. The molecule has 0 bridgehead atoms. The van der Waals surface area contributed by atoms with E-state index in [-0.39, 0.29) is 25.6 Å². The highest BCUT2D eigenvalue weighted by Crippen LogP contribution is 2.42. The lowest BCUT2D eigenvalue weighted by molar-refractivity contribution is -0.142. The molecule has 254 valence electrons. The summed E-state index contributed by atoms with van der Waals surface area (Å²) >= 11 is 1.56. The van der Waals surface area contributed by atoms with Gasteiger partial charge in [-0.05, 0) is 83.4 Å². The lowest BCUT2D eigenvalue weighted by atomic mass is 9.97. The molecular weight excluding hydrogens is 653 g/mol. The monoisotopic (exact) mass is 688 g/mol. The Balaban J connectivity index is 1.18. The number of aliphatic carboxylic acids is 1. The van der Waals surface area contributed by atoms with Gasteiger partial charge in [-0.25, -0.2) is 4.79 Å². The third kappa shape index (κ3) is 9.35. The topological polar surface area (TPSA) is 101 Å². The van der Waals surface area contributed by atoms with Crippen molar-refractivity contribution in [2.24, 2.45) is 0 Å². The summed E-state index contributed by atoms with van der Waals surface area (Å²) in [6.07, 6.45) is 0. The molecule has 0 unspecified atom stereocenters. The fourth-order valence-electron chi connectivity index (χ4n) is 5.22. The number of hydrogen-bond donors (Lipinski definition) is 1. The van der Waals surface area contributed by atoms with E-state index in [9.17, 15) is 9.59 Å². The molecule has 6 aromatic rings. The first-order valence-electron chi connectivity index (χ1n) is 16.2. The van der Waals surface area contributed by atoms with E-state index in [0.29, 0.717) is 43.3 Å². The summed E-state index contributed by atoms with van der Waals surface area (Å²) in [6, 6.07) is 40.8. The molecule has 0 radical (unpaired) electrons. The van der Waals surface area contributed by atoms with Crippen molar-refractivity contribution in [1.82, 2.24) is 0 Å². The van der Waals surface area contributed by atoms with Crippen molar-refractivity contribution in [1.29, 1.82) is 0 Å². The highest BCUT2D eigenvalue weighted by Gasteiger charge is 2.22. The minimum absolute atomic E-state index is 0.0927. The Morgan fingerprint density at radius 1 is 0.580 bits per heavy atom. The predicted octanol–water partition coefficient (Wildman–Crippen LogP) is 8.45. The van der Waals surface area contributed by atoms with Crippen LogP contribution in [0.5, 0.6) is 17.2 Å². The van der Waals surface area contributed by atoms with Gasteiger partial charge >= 0.3 is 5.97 Å². The average molecular weight is 689 g/mol. The molecule has 0 aliphatic rings. The molecule has 1 heterocycles. The summed E-state index contributed by atoms with van der Waals surface area (Å²) in [5.74, 6) is 0.974. The number of carbonyl (C=O) groups excluding carboxylic acids is 1.